The van der Waals surface area contributed by atoms with Gasteiger partial charge in [-0.25, -0.2) is 4.98 Å². The second-order valence-corrected chi connectivity index (χ2v) is 6.15. The summed E-state index contributed by atoms with van der Waals surface area (Å²) in [6.45, 7) is 2.03. The number of benzene rings is 2. The van der Waals surface area contributed by atoms with E-state index in [0.717, 1.165) is 29.0 Å². The maximum Gasteiger partial charge on any atom is 0.204 e. The second kappa shape index (κ2) is 5.92. The largest absolute Gasteiger partial charge is 0.337 e. The lowest BCUT2D eigenvalue weighted by Gasteiger charge is -2.11. The summed E-state index contributed by atoms with van der Waals surface area (Å²) >= 11 is 12.4. The molecule has 2 aromatic heterocycles. The van der Waals surface area contributed by atoms with E-state index in [1.54, 1.807) is 12.1 Å². The Labute approximate surface area is 148 Å². The number of aromatic nitrogens is 4. The number of hydrogen-bond donors (Lipinski definition) is 1. The van der Waals surface area contributed by atoms with Crippen molar-refractivity contribution in [1.29, 1.82) is 0 Å². The van der Waals surface area contributed by atoms with Gasteiger partial charge in [-0.1, -0.05) is 48.3 Å². The highest BCUT2D eigenvalue weighted by atomic mass is 35.5. The van der Waals surface area contributed by atoms with E-state index < -0.39 is 0 Å². The summed E-state index contributed by atoms with van der Waals surface area (Å²) in [4.78, 5) is 4.67. The van der Waals surface area contributed by atoms with Crippen LogP contribution in [-0.4, -0.2) is 19.6 Å². The van der Waals surface area contributed by atoms with Crippen molar-refractivity contribution in [2.45, 2.75) is 13.3 Å². The van der Waals surface area contributed by atoms with E-state index in [1.807, 2.05) is 41.7 Å². The topological polar surface area (TPSA) is 55.1 Å². The highest BCUT2D eigenvalue weighted by Crippen LogP contribution is 2.30. The highest BCUT2D eigenvalue weighted by molar-refractivity contribution is 6.42. The Hall–Kier alpha value is -2.37. The van der Waals surface area contributed by atoms with Crippen LogP contribution in [0.25, 0.3) is 16.7 Å². The molecule has 0 fully saturated rings. The Morgan fingerprint density at radius 2 is 1.79 bits per heavy atom. The predicted molar refractivity (Wildman–Crippen MR) is 97.4 cm³/mol. The van der Waals surface area contributed by atoms with Gasteiger partial charge in [-0.3, -0.25) is 4.40 Å². The number of nitrogens with zero attached hydrogens (tertiary/aromatic N) is 4. The molecule has 0 saturated heterocycles. The molecule has 0 unspecified atom stereocenters. The van der Waals surface area contributed by atoms with Crippen molar-refractivity contribution in [3.63, 3.8) is 0 Å². The molecular formula is C17H13Cl2N5. The van der Waals surface area contributed by atoms with Crippen LogP contribution in [0, 0.1) is 0 Å². The van der Waals surface area contributed by atoms with Gasteiger partial charge >= 0.3 is 0 Å². The second-order valence-electron chi connectivity index (χ2n) is 5.34. The molecule has 2 aromatic carbocycles. The number of halogens is 2. The van der Waals surface area contributed by atoms with Crippen molar-refractivity contribution < 1.29 is 0 Å². The molecule has 1 N–H and O–H groups in total. The van der Waals surface area contributed by atoms with Gasteiger partial charge in [0.15, 0.2) is 5.82 Å². The maximum atomic E-state index is 6.19. The van der Waals surface area contributed by atoms with E-state index in [2.05, 4.69) is 20.5 Å². The molecule has 4 rings (SSSR count). The van der Waals surface area contributed by atoms with Gasteiger partial charge in [0.1, 0.15) is 5.82 Å². The molecule has 0 bridgehead atoms. The number of rotatable bonds is 3. The van der Waals surface area contributed by atoms with Crippen LogP contribution in [0.5, 0.6) is 0 Å². The Bertz CT molecular complexity index is 1040. The molecule has 0 aliphatic rings. The van der Waals surface area contributed by atoms with E-state index in [-0.39, 0.29) is 0 Å². The molecule has 120 valence electrons. The molecule has 4 aromatic rings. The summed E-state index contributed by atoms with van der Waals surface area (Å²) < 4.78 is 1.97. The molecule has 5 nitrogen and oxygen atoms in total. The fraction of sp³-hybridized carbons (Fsp3) is 0.118. The molecule has 0 atom stereocenters. The van der Waals surface area contributed by atoms with Crippen LogP contribution in [0.2, 0.25) is 10.0 Å². The third kappa shape index (κ3) is 2.46. The fourth-order valence-electron chi connectivity index (χ4n) is 2.66. The van der Waals surface area contributed by atoms with Gasteiger partial charge in [0.25, 0.3) is 0 Å². The Balaban J connectivity index is 2.02. The van der Waals surface area contributed by atoms with Gasteiger partial charge in [0.05, 0.1) is 21.1 Å². The lowest BCUT2D eigenvalue weighted by Crippen LogP contribution is -2.02. The zero-order chi connectivity index (χ0) is 16.7. The van der Waals surface area contributed by atoms with Crippen LogP contribution in [0.15, 0.2) is 42.5 Å². The summed E-state index contributed by atoms with van der Waals surface area (Å²) in [5.74, 6) is 1.46. The average molecular weight is 358 g/mol. The summed E-state index contributed by atoms with van der Waals surface area (Å²) in [6.07, 6.45) is 0.741. The van der Waals surface area contributed by atoms with E-state index in [0.29, 0.717) is 21.5 Å². The Morgan fingerprint density at radius 1 is 1.04 bits per heavy atom. The molecule has 0 radical (unpaired) electrons. The number of fused-ring (bicyclic) bond motifs is 3. The summed E-state index contributed by atoms with van der Waals surface area (Å²) in [6, 6.07) is 13.4. The minimum atomic E-state index is 0.466. The maximum absolute atomic E-state index is 6.19. The number of hydrogen-bond acceptors (Lipinski definition) is 4. The SMILES string of the molecule is CCc1nnc2c(Nc3ccccc3)nc3cc(Cl)c(Cl)cc3n12. The first-order chi connectivity index (χ1) is 11.7. The van der Waals surface area contributed by atoms with Crippen molar-refractivity contribution in [3.05, 3.63) is 58.3 Å². The molecule has 0 amide bonds. The fourth-order valence-corrected chi connectivity index (χ4v) is 2.97. The number of aryl methyl sites for hydroxylation is 1. The van der Waals surface area contributed by atoms with Crippen LogP contribution >= 0.6 is 23.2 Å². The summed E-state index contributed by atoms with van der Waals surface area (Å²) in [5, 5.41) is 12.8. The average Bonchev–Trinajstić information content (AvgIpc) is 3.02. The van der Waals surface area contributed by atoms with Crippen LogP contribution in [0.4, 0.5) is 11.5 Å². The van der Waals surface area contributed by atoms with E-state index >= 15 is 0 Å². The van der Waals surface area contributed by atoms with Crippen molar-refractivity contribution in [1.82, 2.24) is 19.6 Å². The van der Waals surface area contributed by atoms with Gasteiger partial charge in [-0.05, 0) is 24.3 Å². The van der Waals surface area contributed by atoms with Gasteiger partial charge in [0, 0.05) is 12.1 Å². The number of para-hydroxylation sites is 1. The first-order valence-electron chi connectivity index (χ1n) is 7.52. The van der Waals surface area contributed by atoms with E-state index in [4.69, 9.17) is 23.2 Å². The quantitative estimate of drug-likeness (QED) is 0.567. The summed E-state index contributed by atoms with van der Waals surface area (Å²) in [5.41, 5.74) is 3.14. The van der Waals surface area contributed by atoms with Gasteiger partial charge in [-0.15, -0.1) is 10.2 Å². The molecule has 0 aliphatic heterocycles. The normalized spacial score (nSPS) is 11.3. The van der Waals surface area contributed by atoms with Gasteiger partial charge < -0.3 is 5.32 Å². The number of nitrogens with one attached hydrogen (secondary N) is 1. The lowest BCUT2D eigenvalue weighted by molar-refractivity contribution is 0.922. The molecule has 24 heavy (non-hydrogen) atoms. The van der Waals surface area contributed by atoms with Gasteiger partial charge in [-0.2, -0.15) is 0 Å². The van der Waals surface area contributed by atoms with Crippen LogP contribution in [0.1, 0.15) is 12.7 Å². The molecule has 0 saturated carbocycles. The highest BCUT2D eigenvalue weighted by Gasteiger charge is 2.16. The molecular weight excluding hydrogens is 345 g/mol. The standard InChI is InChI=1S/C17H13Cl2N5/c1-2-15-22-23-17-16(20-10-6-4-3-5-7-10)21-13-8-11(18)12(19)9-14(13)24(15)17/h3-9H,2H2,1H3,(H,20,21). The molecule has 0 aliphatic carbocycles. The van der Waals surface area contributed by atoms with E-state index in [1.165, 1.54) is 0 Å². The van der Waals surface area contributed by atoms with Crippen LogP contribution in [-0.2, 0) is 6.42 Å². The smallest absolute Gasteiger partial charge is 0.204 e. The minimum absolute atomic E-state index is 0.466. The zero-order valence-corrected chi connectivity index (χ0v) is 14.3. The Morgan fingerprint density at radius 3 is 2.54 bits per heavy atom. The minimum Gasteiger partial charge on any atom is -0.337 e. The third-order valence-electron chi connectivity index (χ3n) is 3.79. The van der Waals surface area contributed by atoms with Crippen LogP contribution in [0.3, 0.4) is 0 Å². The van der Waals surface area contributed by atoms with Crippen molar-refractivity contribution in [2.75, 3.05) is 5.32 Å². The number of anilines is 2. The monoisotopic (exact) mass is 357 g/mol. The van der Waals surface area contributed by atoms with Crippen LogP contribution < -0.4 is 5.32 Å². The molecule has 0 spiro atoms. The van der Waals surface area contributed by atoms with E-state index in [9.17, 15) is 0 Å². The molecule has 7 heteroatoms. The first-order valence-corrected chi connectivity index (χ1v) is 8.28. The lowest BCUT2D eigenvalue weighted by atomic mass is 10.2. The predicted octanol–water partition coefficient (Wildman–Crippen LogP) is 4.89. The Kier molecular flexibility index (Phi) is 3.75. The molecule has 2 heterocycles. The summed E-state index contributed by atoms with van der Waals surface area (Å²) in [7, 11) is 0. The van der Waals surface area contributed by atoms with Crippen molar-refractivity contribution in [2.24, 2.45) is 0 Å². The van der Waals surface area contributed by atoms with Crippen molar-refractivity contribution >= 4 is 51.4 Å². The zero-order valence-electron chi connectivity index (χ0n) is 12.8. The first kappa shape index (κ1) is 15.2. The van der Waals surface area contributed by atoms with Crippen molar-refractivity contribution in [3.8, 4) is 0 Å². The van der Waals surface area contributed by atoms with Gasteiger partial charge in [0.2, 0.25) is 5.65 Å². The third-order valence-corrected chi connectivity index (χ3v) is 4.51.